The third kappa shape index (κ3) is 4.70. The van der Waals surface area contributed by atoms with Crippen LogP contribution in [0.1, 0.15) is 37.6 Å². The molecule has 0 unspecified atom stereocenters. The molecule has 1 saturated heterocycles. The molecule has 1 aromatic rings. The maximum Gasteiger partial charge on any atom is 0.410 e. The van der Waals surface area contributed by atoms with Crippen molar-refractivity contribution in [3.05, 3.63) is 34.3 Å². The van der Waals surface area contributed by atoms with Gasteiger partial charge in [0.2, 0.25) is 0 Å². The Morgan fingerprint density at radius 1 is 1.26 bits per heavy atom. The highest BCUT2D eigenvalue weighted by atomic mass is 79.9. The van der Waals surface area contributed by atoms with E-state index in [0.29, 0.717) is 18.7 Å². The van der Waals surface area contributed by atoms with E-state index in [1.165, 1.54) is 0 Å². The molecular formula is C17H23BrN2O3. The molecule has 0 radical (unpaired) electrons. The number of ether oxygens (including phenoxy) is 1. The van der Waals surface area contributed by atoms with E-state index >= 15 is 0 Å². The summed E-state index contributed by atoms with van der Waals surface area (Å²) in [5.41, 5.74) is 0.144. The number of benzene rings is 1. The lowest BCUT2D eigenvalue weighted by Gasteiger charge is -2.28. The molecule has 0 N–H and O–H groups in total. The smallest absolute Gasteiger partial charge is 0.410 e. The highest BCUT2D eigenvalue weighted by molar-refractivity contribution is 9.10. The van der Waals surface area contributed by atoms with Crippen molar-refractivity contribution >= 4 is 27.9 Å². The molecule has 1 aliphatic rings. The minimum Gasteiger partial charge on any atom is -0.444 e. The Labute approximate surface area is 145 Å². The Balaban J connectivity index is 1.96. The van der Waals surface area contributed by atoms with Crippen molar-refractivity contribution in [2.75, 3.05) is 20.1 Å². The van der Waals surface area contributed by atoms with Crippen LogP contribution in [0.3, 0.4) is 0 Å². The van der Waals surface area contributed by atoms with Gasteiger partial charge in [-0.2, -0.15) is 0 Å². The molecule has 6 heteroatoms. The summed E-state index contributed by atoms with van der Waals surface area (Å²) in [7, 11) is 1.73. The van der Waals surface area contributed by atoms with E-state index in [0.717, 1.165) is 10.9 Å². The largest absolute Gasteiger partial charge is 0.444 e. The fraction of sp³-hybridized carbons (Fsp3) is 0.529. The molecule has 1 atom stereocenters. The summed E-state index contributed by atoms with van der Waals surface area (Å²) >= 11 is 3.36. The Morgan fingerprint density at radius 3 is 2.43 bits per heavy atom. The molecule has 0 saturated carbocycles. The van der Waals surface area contributed by atoms with E-state index in [1.54, 1.807) is 29.0 Å². The predicted octanol–water partition coefficient (Wildman–Crippen LogP) is 3.53. The number of hydrogen-bond acceptors (Lipinski definition) is 3. The monoisotopic (exact) mass is 382 g/mol. The molecule has 1 aromatic carbocycles. The fourth-order valence-electron chi connectivity index (χ4n) is 2.50. The van der Waals surface area contributed by atoms with Crippen molar-refractivity contribution in [2.45, 2.75) is 38.8 Å². The minimum atomic E-state index is -0.517. The van der Waals surface area contributed by atoms with Crippen LogP contribution in [0, 0.1) is 0 Å². The summed E-state index contributed by atoms with van der Waals surface area (Å²) in [5.74, 6) is -0.00223. The topological polar surface area (TPSA) is 49.9 Å². The average Bonchev–Trinajstić information content (AvgIpc) is 2.94. The third-order valence-corrected chi connectivity index (χ3v) is 4.30. The van der Waals surface area contributed by atoms with E-state index in [1.807, 2.05) is 32.9 Å². The van der Waals surface area contributed by atoms with E-state index in [2.05, 4.69) is 15.9 Å². The summed E-state index contributed by atoms with van der Waals surface area (Å²) in [6.45, 7) is 6.71. The molecular weight excluding hydrogens is 360 g/mol. The van der Waals surface area contributed by atoms with Crippen molar-refractivity contribution in [1.82, 2.24) is 9.80 Å². The lowest BCUT2D eigenvalue weighted by atomic mass is 10.2. The zero-order valence-electron chi connectivity index (χ0n) is 14.0. The first-order chi connectivity index (χ1) is 10.7. The van der Waals surface area contributed by atoms with Crippen molar-refractivity contribution in [3.63, 3.8) is 0 Å². The number of nitrogens with zero attached hydrogens (tertiary/aromatic N) is 2. The molecule has 0 spiro atoms. The first-order valence-corrected chi connectivity index (χ1v) is 8.47. The summed E-state index contributed by atoms with van der Waals surface area (Å²) in [5, 5.41) is 0. The fourth-order valence-corrected chi connectivity index (χ4v) is 2.76. The van der Waals surface area contributed by atoms with Gasteiger partial charge in [-0.25, -0.2) is 4.79 Å². The predicted molar refractivity (Wildman–Crippen MR) is 92.4 cm³/mol. The standard InChI is InChI=1S/C17H23BrN2O3/c1-17(2,3)23-16(22)19(4)14-9-10-20(11-14)15(21)12-5-7-13(18)8-6-12/h5-8,14H,9-11H2,1-4H3/t14-/m0/s1. The second-order valence-corrected chi connectivity index (χ2v) is 7.71. The minimum absolute atomic E-state index is 0.00223. The molecule has 2 rings (SSSR count). The molecule has 5 nitrogen and oxygen atoms in total. The lowest BCUT2D eigenvalue weighted by molar-refractivity contribution is 0.0226. The van der Waals surface area contributed by atoms with Crippen LogP contribution < -0.4 is 0 Å². The van der Waals surface area contributed by atoms with Crippen LogP contribution in [-0.4, -0.2) is 53.6 Å². The average molecular weight is 383 g/mol. The van der Waals surface area contributed by atoms with Crippen molar-refractivity contribution in [2.24, 2.45) is 0 Å². The number of likely N-dealkylation sites (tertiary alicyclic amines) is 1. The van der Waals surface area contributed by atoms with Crippen molar-refractivity contribution in [1.29, 1.82) is 0 Å². The molecule has 2 amide bonds. The second-order valence-electron chi connectivity index (χ2n) is 6.79. The van der Waals surface area contributed by atoms with Crippen molar-refractivity contribution in [3.8, 4) is 0 Å². The van der Waals surface area contributed by atoms with Crippen LogP contribution in [0.15, 0.2) is 28.7 Å². The molecule has 0 aromatic heterocycles. The van der Waals surface area contributed by atoms with Crippen LogP contribution in [0.4, 0.5) is 4.79 Å². The zero-order chi connectivity index (χ0) is 17.2. The first kappa shape index (κ1) is 17.8. The number of hydrogen-bond donors (Lipinski definition) is 0. The SMILES string of the molecule is CN(C(=O)OC(C)(C)C)[C@H]1CCN(C(=O)c2ccc(Br)cc2)C1. The Bertz CT molecular complexity index is 580. The van der Waals surface area contributed by atoms with Gasteiger partial charge in [-0.1, -0.05) is 15.9 Å². The number of halogens is 1. The molecule has 126 valence electrons. The second kappa shape index (κ2) is 6.91. The molecule has 1 heterocycles. The quantitative estimate of drug-likeness (QED) is 0.785. The van der Waals surface area contributed by atoms with Crippen LogP contribution >= 0.6 is 15.9 Å². The Kier molecular flexibility index (Phi) is 5.34. The maximum atomic E-state index is 12.5. The van der Waals surface area contributed by atoms with E-state index in [-0.39, 0.29) is 18.0 Å². The first-order valence-electron chi connectivity index (χ1n) is 7.68. The maximum absolute atomic E-state index is 12.5. The number of likely N-dealkylation sites (N-methyl/N-ethyl adjacent to an activating group) is 1. The van der Waals surface area contributed by atoms with Gasteiger partial charge in [0.15, 0.2) is 0 Å². The van der Waals surface area contributed by atoms with E-state index in [9.17, 15) is 9.59 Å². The number of rotatable bonds is 2. The highest BCUT2D eigenvalue weighted by Crippen LogP contribution is 2.20. The zero-order valence-corrected chi connectivity index (χ0v) is 15.6. The summed E-state index contributed by atoms with van der Waals surface area (Å²) < 4.78 is 6.33. The molecule has 1 aliphatic heterocycles. The van der Waals surface area contributed by atoms with Gasteiger partial charge in [0, 0.05) is 30.2 Å². The van der Waals surface area contributed by atoms with E-state index < -0.39 is 5.60 Å². The van der Waals surface area contributed by atoms with Crippen LogP contribution in [-0.2, 0) is 4.74 Å². The number of amides is 2. The Morgan fingerprint density at radius 2 is 1.87 bits per heavy atom. The van der Waals surface area contributed by atoms with Crippen molar-refractivity contribution < 1.29 is 14.3 Å². The van der Waals surface area contributed by atoms with Crippen LogP contribution in [0.2, 0.25) is 0 Å². The molecule has 1 fully saturated rings. The Hall–Kier alpha value is -1.56. The molecule has 0 aliphatic carbocycles. The number of carbonyl (C=O) groups is 2. The lowest BCUT2D eigenvalue weighted by Crippen LogP contribution is -2.42. The van der Waals surface area contributed by atoms with Gasteiger partial charge in [-0.15, -0.1) is 0 Å². The van der Waals surface area contributed by atoms with Gasteiger partial charge in [-0.3, -0.25) is 4.79 Å². The van der Waals surface area contributed by atoms with E-state index in [4.69, 9.17) is 4.74 Å². The van der Waals surface area contributed by atoms with Crippen LogP contribution in [0.25, 0.3) is 0 Å². The van der Waals surface area contributed by atoms with Gasteiger partial charge >= 0.3 is 6.09 Å². The third-order valence-electron chi connectivity index (χ3n) is 3.77. The van der Waals surface area contributed by atoms with Gasteiger partial charge in [0.25, 0.3) is 5.91 Å². The molecule has 0 bridgehead atoms. The van der Waals surface area contributed by atoms with Gasteiger partial charge in [0.05, 0.1) is 6.04 Å². The van der Waals surface area contributed by atoms with Gasteiger partial charge in [0.1, 0.15) is 5.60 Å². The summed E-state index contributed by atoms with van der Waals surface area (Å²) in [6.07, 6.45) is 0.415. The summed E-state index contributed by atoms with van der Waals surface area (Å²) in [4.78, 5) is 28.0. The molecule has 23 heavy (non-hydrogen) atoms. The normalized spacial score (nSPS) is 18.0. The highest BCUT2D eigenvalue weighted by Gasteiger charge is 2.33. The number of carbonyl (C=O) groups excluding carboxylic acids is 2. The van der Waals surface area contributed by atoms with Gasteiger partial charge in [-0.05, 0) is 51.5 Å². The summed E-state index contributed by atoms with van der Waals surface area (Å²) in [6, 6.07) is 7.31. The van der Waals surface area contributed by atoms with Gasteiger partial charge < -0.3 is 14.5 Å². The van der Waals surface area contributed by atoms with Crippen LogP contribution in [0.5, 0.6) is 0 Å².